The molecule has 1 aromatic carbocycles. The first-order chi connectivity index (χ1) is 9.01. The van der Waals surface area contributed by atoms with Gasteiger partial charge in [-0.1, -0.05) is 12.1 Å². The zero-order valence-corrected chi connectivity index (χ0v) is 11.0. The third-order valence-electron chi connectivity index (χ3n) is 2.50. The third kappa shape index (κ3) is 3.54. The molecule has 19 heavy (non-hydrogen) atoms. The summed E-state index contributed by atoms with van der Waals surface area (Å²) in [4.78, 5) is 35.7. The van der Waals surface area contributed by atoms with Crippen molar-refractivity contribution in [2.45, 2.75) is 6.92 Å². The Morgan fingerprint density at radius 3 is 2.26 bits per heavy atom. The fourth-order valence-electron chi connectivity index (χ4n) is 1.55. The highest BCUT2D eigenvalue weighted by molar-refractivity contribution is 6.03. The summed E-state index contributed by atoms with van der Waals surface area (Å²) in [6, 6.07) is 6.40. The molecule has 0 heterocycles. The van der Waals surface area contributed by atoms with Gasteiger partial charge in [-0.15, -0.1) is 0 Å². The minimum atomic E-state index is -0.577. The smallest absolute Gasteiger partial charge is 0.339 e. The number of rotatable bonds is 4. The molecule has 0 spiro atoms. The third-order valence-corrected chi connectivity index (χ3v) is 2.50. The lowest BCUT2D eigenvalue weighted by atomic mass is 10.1. The lowest BCUT2D eigenvalue weighted by Gasteiger charge is -2.21. The van der Waals surface area contributed by atoms with Crippen LogP contribution in [0, 0.1) is 0 Å². The molecule has 102 valence electrons. The number of anilines is 1. The Balaban J connectivity index is 3.19. The van der Waals surface area contributed by atoms with E-state index in [9.17, 15) is 14.4 Å². The molecule has 0 saturated heterocycles. The molecule has 1 amide bonds. The molecule has 0 aromatic heterocycles. The Labute approximate surface area is 110 Å². The number of para-hydroxylation sites is 1. The molecule has 0 radical (unpaired) electrons. The van der Waals surface area contributed by atoms with Gasteiger partial charge < -0.3 is 14.4 Å². The normalized spacial score (nSPS) is 9.63. The van der Waals surface area contributed by atoms with E-state index in [-0.39, 0.29) is 18.0 Å². The zero-order chi connectivity index (χ0) is 14.4. The number of ether oxygens (including phenoxy) is 2. The van der Waals surface area contributed by atoms with Crippen LogP contribution in [0.4, 0.5) is 5.69 Å². The average molecular weight is 265 g/mol. The second-order valence-corrected chi connectivity index (χ2v) is 3.69. The molecule has 1 aromatic rings. The van der Waals surface area contributed by atoms with E-state index in [1.165, 1.54) is 27.2 Å². The summed E-state index contributed by atoms with van der Waals surface area (Å²) in [6.45, 7) is 1.04. The van der Waals surface area contributed by atoms with Gasteiger partial charge >= 0.3 is 11.9 Å². The quantitative estimate of drug-likeness (QED) is 0.759. The fourth-order valence-corrected chi connectivity index (χ4v) is 1.55. The van der Waals surface area contributed by atoms with E-state index in [2.05, 4.69) is 9.47 Å². The number of carbonyl (C=O) groups excluding carboxylic acids is 3. The van der Waals surface area contributed by atoms with Crippen molar-refractivity contribution in [1.82, 2.24) is 0 Å². The predicted molar refractivity (Wildman–Crippen MR) is 67.8 cm³/mol. The maximum absolute atomic E-state index is 11.6. The van der Waals surface area contributed by atoms with E-state index >= 15 is 0 Å². The second kappa shape index (κ2) is 6.53. The molecule has 0 atom stereocenters. The number of carbonyl (C=O) groups is 3. The van der Waals surface area contributed by atoms with Crippen LogP contribution < -0.4 is 4.90 Å². The summed E-state index contributed by atoms with van der Waals surface area (Å²) in [5, 5.41) is 0. The van der Waals surface area contributed by atoms with E-state index in [0.717, 1.165) is 4.90 Å². The standard InChI is InChI=1S/C13H15NO5/c1-9(15)14(8-12(16)18-2)11-7-5-4-6-10(11)13(17)19-3/h4-7H,8H2,1-3H3. The number of benzene rings is 1. The largest absolute Gasteiger partial charge is 0.468 e. The maximum atomic E-state index is 11.6. The van der Waals surface area contributed by atoms with Gasteiger partial charge in [0.1, 0.15) is 6.54 Å². The van der Waals surface area contributed by atoms with Gasteiger partial charge in [-0.2, -0.15) is 0 Å². The molecule has 6 nitrogen and oxygen atoms in total. The summed E-state index contributed by atoms with van der Waals surface area (Å²) < 4.78 is 9.18. The summed E-state index contributed by atoms with van der Waals surface area (Å²) in [7, 11) is 2.48. The number of amides is 1. The SMILES string of the molecule is COC(=O)CN(C(C)=O)c1ccccc1C(=O)OC. The maximum Gasteiger partial charge on any atom is 0.339 e. The van der Waals surface area contributed by atoms with Crippen LogP contribution in [0.25, 0.3) is 0 Å². The molecule has 0 aliphatic heterocycles. The van der Waals surface area contributed by atoms with Gasteiger partial charge in [-0.05, 0) is 12.1 Å². The Morgan fingerprint density at radius 2 is 1.74 bits per heavy atom. The highest BCUT2D eigenvalue weighted by Crippen LogP contribution is 2.21. The van der Waals surface area contributed by atoms with Crippen LogP contribution in [0.15, 0.2) is 24.3 Å². The van der Waals surface area contributed by atoms with Crippen molar-refractivity contribution >= 4 is 23.5 Å². The molecular weight excluding hydrogens is 250 g/mol. The lowest BCUT2D eigenvalue weighted by molar-refractivity contribution is -0.139. The van der Waals surface area contributed by atoms with E-state index in [0.29, 0.717) is 5.69 Å². The topological polar surface area (TPSA) is 72.9 Å². The first kappa shape index (κ1) is 14.7. The number of hydrogen-bond acceptors (Lipinski definition) is 5. The molecule has 0 aliphatic rings. The van der Waals surface area contributed by atoms with E-state index < -0.39 is 11.9 Å². The summed E-state index contributed by atoms with van der Waals surface area (Å²) in [5.41, 5.74) is 0.524. The summed E-state index contributed by atoms with van der Waals surface area (Å²) >= 11 is 0. The van der Waals surface area contributed by atoms with Crippen LogP contribution in [-0.4, -0.2) is 38.6 Å². The number of hydrogen-bond donors (Lipinski definition) is 0. The van der Waals surface area contributed by atoms with Crippen molar-refractivity contribution in [1.29, 1.82) is 0 Å². The van der Waals surface area contributed by atoms with Gasteiger partial charge in [-0.25, -0.2) is 4.79 Å². The van der Waals surface area contributed by atoms with Crippen molar-refractivity contribution in [2.75, 3.05) is 25.7 Å². The minimum Gasteiger partial charge on any atom is -0.468 e. The Morgan fingerprint density at radius 1 is 1.11 bits per heavy atom. The summed E-state index contributed by atoms with van der Waals surface area (Å²) in [5.74, 6) is -1.52. The van der Waals surface area contributed by atoms with Gasteiger partial charge in [0.2, 0.25) is 5.91 Å². The fraction of sp³-hybridized carbons (Fsp3) is 0.308. The van der Waals surface area contributed by atoms with Crippen LogP contribution in [-0.2, 0) is 19.1 Å². The molecule has 0 bridgehead atoms. The van der Waals surface area contributed by atoms with E-state index in [4.69, 9.17) is 0 Å². The molecule has 0 unspecified atom stereocenters. The van der Waals surface area contributed by atoms with Gasteiger partial charge in [0, 0.05) is 6.92 Å². The van der Waals surface area contributed by atoms with E-state index in [1.807, 2.05) is 0 Å². The molecule has 6 heteroatoms. The first-order valence-corrected chi connectivity index (χ1v) is 5.53. The van der Waals surface area contributed by atoms with Gasteiger partial charge in [0.15, 0.2) is 0 Å². The highest BCUT2D eigenvalue weighted by atomic mass is 16.5. The van der Waals surface area contributed by atoms with Gasteiger partial charge in [0.05, 0.1) is 25.5 Å². The molecular formula is C13H15NO5. The molecule has 0 fully saturated rings. The average Bonchev–Trinajstić information content (AvgIpc) is 2.43. The van der Waals surface area contributed by atoms with Crippen LogP contribution in [0.2, 0.25) is 0 Å². The van der Waals surface area contributed by atoms with E-state index in [1.54, 1.807) is 18.2 Å². The molecule has 0 aliphatic carbocycles. The zero-order valence-electron chi connectivity index (χ0n) is 11.0. The van der Waals surface area contributed by atoms with Crippen LogP contribution >= 0.6 is 0 Å². The second-order valence-electron chi connectivity index (χ2n) is 3.69. The first-order valence-electron chi connectivity index (χ1n) is 5.53. The number of nitrogens with zero attached hydrogens (tertiary/aromatic N) is 1. The number of methoxy groups -OCH3 is 2. The molecule has 0 saturated carbocycles. The van der Waals surface area contributed by atoms with Crippen LogP contribution in [0.5, 0.6) is 0 Å². The monoisotopic (exact) mass is 265 g/mol. The Bertz CT molecular complexity index is 498. The predicted octanol–water partition coefficient (Wildman–Crippen LogP) is 0.999. The lowest BCUT2D eigenvalue weighted by Crippen LogP contribution is -2.35. The highest BCUT2D eigenvalue weighted by Gasteiger charge is 2.21. The Kier molecular flexibility index (Phi) is 5.05. The van der Waals surface area contributed by atoms with Crippen LogP contribution in [0.1, 0.15) is 17.3 Å². The Hall–Kier alpha value is -2.37. The van der Waals surface area contributed by atoms with Crippen LogP contribution in [0.3, 0.4) is 0 Å². The summed E-state index contributed by atoms with van der Waals surface area (Å²) in [6.07, 6.45) is 0. The van der Waals surface area contributed by atoms with Crippen molar-refractivity contribution in [3.8, 4) is 0 Å². The van der Waals surface area contributed by atoms with Crippen molar-refractivity contribution in [3.63, 3.8) is 0 Å². The van der Waals surface area contributed by atoms with Crippen molar-refractivity contribution in [3.05, 3.63) is 29.8 Å². The minimum absolute atomic E-state index is 0.212. The van der Waals surface area contributed by atoms with Gasteiger partial charge in [-0.3, -0.25) is 9.59 Å². The molecule has 1 rings (SSSR count). The molecule has 0 N–H and O–H groups in total. The van der Waals surface area contributed by atoms with Crippen molar-refractivity contribution < 1.29 is 23.9 Å². The van der Waals surface area contributed by atoms with Crippen molar-refractivity contribution in [2.24, 2.45) is 0 Å². The number of esters is 2. The van der Waals surface area contributed by atoms with Gasteiger partial charge in [0.25, 0.3) is 0 Å².